The molecule has 57 heavy (non-hydrogen) atoms. The van der Waals surface area contributed by atoms with Crippen LogP contribution in [0.1, 0.15) is 56.1 Å². The molecule has 0 fully saturated rings. The maximum atomic E-state index is 13.7. The van der Waals surface area contributed by atoms with Gasteiger partial charge in [-0.3, -0.25) is 24.0 Å². The molecule has 19 nitrogen and oxygen atoms in total. The van der Waals surface area contributed by atoms with Crippen LogP contribution >= 0.6 is 12.6 Å². The highest BCUT2D eigenvalue weighted by molar-refractivity contribution is 7.80. The van der Waals surface area contributed by atoms with Crippen molar-refractivity contribution in [2.45, 2.75) is 94.3 Å². The van der Waals surface area contributed by atoms with Crippen molar-refractivity contribution >= 4 is 60.2 Å². The minimum absolute atomic E-state index is 0.0374. The van der Waals surface area contributed by atoms with E-state index in [9.17, 15) is 58.8 Å². The highest BCUT2D eigenvalue weighted by atomic mass is 32.1. The molecule has 0 heterocycles. The number of carboxylic acid groups (broad SMARTS) is 3. The molecule has 2 rings (SSSR count). The van der Waals surface area contributed by atoms with E-state index < -0.39 is 96.9 Å². The molecule has 0 radical (unpaired) electrons. The van der Waals surface area contributed by atoms with Gasteiger partial charge in [0.1, 0.15) is 24.2 Å². The van der Waals surface area contributed by atoms with Crippen LogP contribution in [0.2, 0.25) is 0 Å². The van der Waals surface area contributed by atoms with Crippen LogP contribution in [0.5, 0.6) is 0 Å². The normalized spacial score (nSPS) is 13.5. The molecule has 1 unspecified atom stereocenters. The number of aliphatic hydroxyl groups is 2. The van der Waals surface area contributed by atoms with Gasteiger partial charge in [0.15, 0.2) is 6.29 Å². The number of hydrogen-bond donors (Lipinski definition) is 12. The summed E-state index contributed by atoms with van der Waals surface area (Å²) in [5.41, 5.74) is 1.44. The Hall–Kier alpha value is -5.73. The van der Waals surface area contributed by atoms with Crippen LogP contribution in [-0.4, -0.2) is 122 Å². The lowest BCUT2D eigenvalue weighted by Crippen LogP contribution is -2.57. The molecule has 312 valence electrons. The van der Waals surface area contributed by atoms with Crippen LogP contribution in [0.4, 0.5) is 4.79 Å². The quantitative estimate of drug-likeness (QED) is 0.0318. The first-order valence-electron chi connectivity index (χ1n) is 18.1. The summed E-state index contributed by atoms with van der Waals surface area (Å²) in [4.78, 5) is 98.2. The first-order valence-corrected chi connectivity index (χ1v) is 18.7. The second kappa shape index (κ2) is 25.4. The Bertz CT molecular complexity index is 1650. The van der Waals surface area contributed by atoms with Gasteiger partial charge in [-0.1, -0.05) is 60.7 Å². The van der Waals surface area contributed by atoms with Crippen LogP contribution in [0.3, 0.4) is 0 Å². The molecule has 0 aliphatic carbocycles. The maximum Gasteiger partial charge on any atom is 0.326 e. The predicted octanol–water partition coefficient (Wildman–Crippen LogP) is -0.696. The van der Waals surface area contributed by atoms with E-state index in [1.54, 1.807) is 60.7 Å². The number of aliphatic hydroxyl groups excluding tert-OH is 1. The van der Waals surface area contributed by atoms with Crippen molar-refractivity contribution in [3.8, 4) is 0 Å². The second-order valence-corrected chi connectivity index (χ2v) is 13.3. The summed E-state index contributed by atoms with van der Waals surface area (Å²) in [5, 5.41) is 61.2. The number of carboxylic acids is 3. The monoisotopic (exact) mass is 818 g/mol. The minimum Gasteiger partial charge on any atom is -0.481 e. The smallest absolute Gasteiger partial charge is 0.326 e. The predicted molar refractivity (Wildman–Crippen MR) is 206 cm³/mol. The number of aliphatic carboxylic acids is 3. The molecule has 0 aliphatic heterocycles. The summed E-state index contributed by atoms with van der Waals surface area (Å²) in [7, 11) is 0. The van der Waals surface area contributed by atoms with E-state index in [0.29, 0.717) is 12.0 Å². The van der Waals surface area contributed by atoms with E-state index in [1.807, 2.05) is 5.32 Å². The number of rotatable bonds is 26. The van der Waals surface area contributed by atoms with Crippen molar-refractivity contribution in [1.29, 1.82) is 0 Å². The number of hydrogen-bond acceptors (Lipinski definition) is 11. The number of carbonyl (C=O) groups is 8. The molecular formula is C37H50N6O13S. The van der Waals surface area contributed by atoms with Gasteiger partial charge in [0.25, 0.3) is 0 Å². The number of thiol groups is 1. The molecule has 2 aromatic rings. The molecule has 0 saturated heterocycles. The lowest BCUT2D eigenvalue weighted by molar-refractivity contribution is -0.141. The van der Waals surface area contributed by atoms with E-state index in [0.717, 1.165) is 5.56 Å². The molecule has 0 spiro atoms. The zero-order valence-corrected chi connectivity index (χ0v) is 31.9. The molecule has 6 amide bonds. The van der Waals surface area contributed by atoms with Crippen molar-refractivity contribution < 1.29 is 63.9 Å². The maximum absolute atomic E-state index is 13.7. The summed E-state index contributed by atoms with van der Waals surface area (Å²) in [5.74, 6) is -6.76. The number of unbranched alkanes of at least 4 members (excludes halogenated alkanes) is 1. The van der Waals surface area contributed by atoms with Crippen LogP contribution in [0.25, 0.3) is 0 Å². The number of amides is 6. The topological polar surface area (TPSA) is 310 Å². The number of benzene rings is 2. The molecular weight excluding hydrogens is 769 g/mol. The Morgan fingerprint density at radius 3 is 1.53 bits per heavy atom. The molecule has 20 heteroatoms. The van der Waals surface area contributed by atoms with E-state index in [-0.39, 0.29) is 50.8 Å². The van der Waals surface area contributed by atoms with Gasteiger partial charge in [-0.15, -0.1) is 0 Å². The number of urea groups is 1. The van der Waals surface area contributed by atoms with Crippen LogP contribution < -0.4 is 31.9 Å². The van der Waals surface area contributed by atoms with Gasteiger partial charge in [0.2, 0.25) is 23.6 Å². The Labute approximate surface area is 333 Å². The molecule has 11 N–H and O–H groups in total. The minimum atomic E-state index is -1.90. The summed E-state index contributed by atoms with van der Waals surface area (Å²) in [6.07, 6.45) is -2.84. The zero-order valence-electron chi connectivity index (χ0n) is 31.0. The highest BCUT2D eigenvalue weighted by Crippen LogP contribution is 2.09. The average molecular weight is 819 g/mol. The third-order valence-corrected chi connectivity index (χ3v) is 8.79. The first kappa shape index (κ1) is 47.4. The Balaban J connectivity index is 1.94. The lowest BCUT2D eigenvalue weighted by Gasteiger charge is -2.26. The summed E-state index contributed by atoms with van der Waals surface area (Å²) in [6, 6.07) is 10.0. The van der Waals surface area contributed by atoms with E-state index in [1.165, 1.54) is 0 Å². The number of nitrogens with one attached hydrogen (secondary N) is 6. The molecule has 0 bridgehead atoms. The van der Waals surface area contributed by atoms with Crippen molar-refractivity contribution in [3.63, 3.8) is 0 Å². The third-order valence-electron chi connectivity index (χ3n) is 8.40. The summed E-state index contributed by atoms with van der Waals surface area (Å²) in [6.45, 7) is 0.113. The third kappa shape index (κ3) is 19.1. The molecule has 0 aromatic heterocycles. The Morgan fingerprint density at radius 1 is 0.561 bits per heavy atom. The Morgan fingerprint density at radius 2 is 1.05 bits per heavy atom. The molecule has 0 saturated carbocycles. The van der Waals surface area contributed by atoms with Crippen molar-refractivity contribution in [1.82, 2.24) is 31.9 Å². The summed E-state index contributed by atoms with van der Waals surface area (Å²) >= 11 is 4.05. The fourth-order valence-electron chi connectivity index (χ4n) is 5.30. The molecule has 0 aliphatic rings. The largest absolute Gasteiger partial charge is 0.481 e. The van der Waals surface area contributed by atoms with Gasteiger partial charge in [0, 0.05) is 44.4 Å². The van der Waals surface area contributed by atoms with E-state index in [4.69, 9.17) is 5.11 Å². The lowest BCUT2D eigenvalue weighted by atomic mass is 10.0. The highest BCUT2D eigenvalue weighted by Gasteiger charge is 2.30. The second-order valence-electron chi connectivity index (χ2n) is 12.9. The Kier molecular flexibility index (Phi) is 21.2. The fourth-order valence-corrected chi connectivity index (χ4v) is 5.58. The fraction of sp³-hybridized carbons (Fsp3) is 0.459. The number of carbonyl (C=O) groups excluding carboxylic acids is 5. The van der Waals surface area contributed by atoms with E-state index >= 15 is 0 Å². The van der Waals surface area contributed by atoms with E-state index in [2.05, 4.69) is 39.2 Å². The molecule has 5 atom stereocenters. The van der Waals surface area contributed by atoms with Gasteiger partial charge in [-0.25, -0.2) is 14.4 Å². The van der Waals surface area contributed by atoms with Crippen LogP contribution in [-0.2, 0) is 46.4 Å². The SMILES string of the molecule is O=C(O)CC[C@H](NC(=O)N[C@@H](CCC(=O)NCCCCC(=O)N[C@@H](Cc1ccccc1)C(=O)N[C@@H](Cc1ccccc1)C(=O)NC(CS)C(O)O)C(=O)O)C(=O)O. The van der Waals surface area contributed by atoms with Crippen molar-refractivity contribution in [3.05, 3.63) is 71.8 Å². The van der Waals surface area contributed by atoms with Gasteiger partial charge >= 0.3 is 23.9 Å². The van der Waals surface area contributed by atoms with Crippen LogP contribution in [0, 0.1) is 0 Å². The summed E-state index contributed by atoms with van der Waals surface area (Å²) < 4.78 is 0. The molecule has 2 aromatic carbocycles. The van der Waals surface area contributed by atoms with Gasteiger partial charge < -0.3 is 57.4 Å². The van der Waals surface area contributed by atoms with Crippen molar-refractivity contribution in [2.24, 2.45) is 0 Å². The zero-order chi connectivity index (χ0) is 42.3. The first-order chi connectivity index (χ1) is 27.1. The van der Waals surface area contributed by atoms with Gasteiger partial charge in [-0.2, -0.15) is 12.6 Å². The van der Waals surface area contributed by atoms with Crippen molar-refractivity contribution in [2.75, 3.05) is 12.3 Å². The van der Waals surface area contributed by atoms with Gasteiger partial charge in [-0.05, 0) is 36.8 Å². The standard InChI is InChI=1S/C37H50N6O13S/c44-29(16-14-24(34(50)51)42-37(56)43-25(35(52)53)15-17-31(46)47)38-18-8-7-13-30(45)39-26(19-22-9-3-1-4-10-22)32(48)40-27(20-23-11-5-2-6-12-23)33(49)41-28(21-57)36(54)55/h1-6,9-12,24-28,36,54-55,57H,7-8,13-21H2,(H,38,44)(H,39,45)(H,40,48)(H,41,49)(H,46,47)(H,50,51)(H,52,53)(H2,42,43,56)/t24-,25-,26-,27-,28?/m0/s1. The average Bonchev–Trinajstić information content (AvgIpc) is 3.16. The van der Waals surface area contributed by atoms with Gasteiger partial charge in [0.05, 0.1) is 6.04 Å². The van der Waals surface area contributed by atoms with Crippen LogP contribution in [0.15, 0.2) is 60.7 Å².